The van der Waals surface area contributed by atoms with Gasteiger partial charge in [0.25, 0.3) is 0 Å². The lowest BCUT2D eigenvalue weighted by Crippen LogP contribution is -2.25. The molecule has 0 aromatic rings. The molecular weight excluding hydrogens is 194 g/mol. The molecule has 84 valence electrons. The van der Waals surface area contributed by atoms with E-state index in [1.54, 1.807) is 0 Å². The summed E-state index contributed by atoms with van der Waals surface area (Å²) in [4.78, 5) is 0. The maximum absolute atomic E-state index is 11.9. The van der Waals surface area contributed by atoms with Crippen molar-refractivity contribution in [3.63, 3.8) is 0 Å². The molecule has 1 aliphatic rings. The molecule has 0 amide bonds. The molecule has 0 radical (unpaired) electrons. The van der Waals surface area contributed by atoms with Gasteiger partial charge in [-0.2, -0.15) is 0 Å². The third-order valence-corrected chi connectivity index (χ3v) is 4.90. The molecule has 0 saturated heterocycles. The minimum Gasteiger partial charge on any atom is -0.320 e. The van der Waals surface area contributed by atoms with Crippen molar-refractivity contribution in [3.8, 4) is 0 Å². The highest BCUT2D eigenvalue weighted by atomic mass is 32.2. The molecule has 14 heavy (non-hydrogen) atoms. The largest absolute Gasteiger partial charge is 0.320 e. The summed E-state index contributed by atoms with van der Waals surface area (Å²) in [5, 5.41) is 3.60. The van der Waals surface area contributed by atoms with Gasteiger partial charge in [-0.15, -0.1) is 0 Å². The average Bonchev–Trinajstić information content (AvgIpc) is 2.18. The van der Waals surface area contributed by atoms with Gasteiger partial charge in [-0.05, 0) is 38.8 Å². The molecule has 0 aliphatic heterocycles. The number of nitrogens with one attached hydrogen (secondary N) is 1. The van der Waals surface area contributed by atoms with Crippen LogP contribution in [0.1, 0.15) is 39.0 Å². The van der Waals surface area contributed by atoms with Gasteiger partial charge in [-0.25, -0.2) is 0 Å². The van der Waals surface area contributed by atoms with Crippen LogP contribution in [0.2, 0.25) is 0 Å². The molecule has 2 nitrogen and oxygen atoms in total. The Morgan fingerprint density at radius 3 is 2.86 bits per heavy atom. The van der Waals surface area contributed by atoms with Gasteiger partial charge in [0.05, 0.1) is 0 Å². The molecule has 3 heteroatoms. The molecule has 1 rings (SSSR count). The summed E-state index contributed by atoms with van der Waals surface area (Å²) < 4.78 is 11.9. The first-order valence-electron chi connectivity index (χ1n) is 5.75. The number of hydrogen-bond donors (Lipinski definition) is 1. The van der Waals surface area contributed by atoms with Crippen LogP contribution >= 0.6 is 0 Å². The van der Waals surface area contributed by atoms with E-state index in [4.69, 9.17) is 0 Å². The molecule has 1 fully saturated rings. The van der Waals surface area contributed by atoms with Crippen LogP contribution in [-0.2, 0) is 10.8 Å². The first-order valence-corrected chi connectivity index (χ1v) is 7.14. The number of rotatable bonds is 5. The van der Waals surface area contributed by atoms with Gasteiger partial charge in [0.15, 0.2) is 0 Å². The zero-order chi connectivity index (χ0) is 10.4. The van der Waals surface area contributed by atoms with E-state index >= 15 is 0 Å². The van der Waals surface area contributed by atoms with E-state index in [1.165, 1.54) is 25.7 Å². The van der Waals surface area contributed by atoms with Crippen LogP contribution in [0.5, 0.6) is 0 Å². The van der Waals surface area contributed by atoms with Crippen LogP contribution in [0, 0.1) is 5.92 Å². The zero-order valence-electron chi connectivity index (χ0n) is 9.42. The van der Waals surface area contributed by atoms with Crippen LogP contribution in [0.3, 0.4) is 0 Å². The lowest BCUT2D eigenvalue weighted by molar-refractivity contribution is 0.389. The Morgan fingerprint density at radius 2 is 2.21 bits per heavy atom. The van der Waals surface area contributed by atoms with Gasteiger partial charge >= 0.3 is 0 Å². The molecule has 1 saturated carbocycles. The molecule has 0 spiro atoms. The van der Waals surface area contributed by atoms with Crippen molar-refractivity contribution in [2.75, 3.05) is 19.3 Å². The Bertz CT molecular complexity index is 184. The molecule has 0 aromatic carbocycles. The fourth-order valence-electron chi connectivity index (χ4n) is 2.18. The summed E-state index contributed by atoms with van der Waals surface area (Å²) in [6, 6.07) is 0. The summed E-state index contributed by atoms with van der Waals surface area (Å²) in [5.41, 5.74) is 0. The molecule has 3 atom stereocenters. The fraction of sp³-hybridized carbons (Fsp3) is 1.00. The van der Waals surface area contributed by atoms with Gasteiger partial charge < -0.3 is 5.32 Å². The quantitative estimate of drug-likeness (QED) is 0.713. The Balaban J connectivity index is 2.22. The Kier molecular flexibility index (Phi) is 5.71. The van der Waals surface area contributed by atoms with E-state index in [-0.39, 0.29) is 0 Å². The van der Waals surface area contributed by atoms with Crippen molar-refractivity contribution >= 4 is 10.8 Å². The van der Waals surface area contributed by atoms with Gasteiger partial charge in [0.2, 0.25) is 0 Å². The smallest absolute Gasteiger partial charge is 0.0350 e. The SMILES string of the molecule is CNCCCS(=O)C1CCCC(C)C1. The van der Waals surface area contributed by atoms with E-state index in [1.807, 2.05) is 7.05 Å². The van der Waals surface area contributed by atoms with Crippen LogP contribution in [-0.4, -0.2) is 28.8 Å². The first-order chi connectivity index (χ1) is 6.74. The van der Waals surface area contributed by atoms with Gasteiger partial charge in [0, 0.05) is 21.8 Å². The summed E-state index contributed by atoms with van der Waals surface area (Å²) in [6.45, 7) is 3.28. The van der Waals surface area contributed by atoms with Crippen LogP contribution in [0.4, 0.5) is 0 Å². The third kappa shape index (κ3) is 4.09. The van der Waals surface area contributed by atoms with Crippen molar-refractivity contribution < 1.29 is 4.21 Å². The highest BCUT2D eigenvalue weighted by Gasteiger charge is 2.23. The summed E-state index contributed by atoms with van der Waals surface area (Å²) >= 11 is 0. The van der Waals surface area contributed by atoms with E-state index in [0.29, 0.717) is 5.25 Å². The van der Waals surface area contributed by atoms with Crippen molar-refractivity contribution in [1.82, 2.24) is 5.32 Å². The Labute approximate surface area is 90.3 Å². The highest BCUT2D eigenvalue weighted by Crippen LogP contribution is 2.27. The van der Waals surface area contributed by atoms with Crippen molar-refractivity contribution in [3.05, 3.63) is 0 Å². The molecule has 3 unspecified atom stereocenters. The summed E-state index contributed by atoms with van der Waals surface area (Å²) in [7, 11) is 1.38. The molecule has 0 heterocycles. The molecule has 0 bridgehead atoms. The topological polar surface area (TPSA) is 29.1 Å². The molecular formula is C11H23NOS. The Morgan fingerprint density at radius 1 is 1.43 bits per heavy atom. The normalized spacial score (nSPS) is 30.1. The van der Waals surface area contributed by atoms with Crippen LogP contribution in [0.25, 0.3) is 0 Å². The molecule has 0 aromatic heterocycles. The van der Waals surface area contributed by atoms with Gasteiger partial charge in [-0.3, -0.25) is 4.21 Å². The maximum Gasteiger partial charge on any atom is 0.0350 e. The van der Waals surface area contributed by atoms with Crippen molar-refractivity contribution in [2.24, 2.45) is 5.92 Å². The van der Waals surface area contributed by atoms with Crippen LogP contribution < -0.4 is 5.32 Å². The first kappa shape index (κ1) is 12.2. The summed E-state index contributed by atoms with van der Waals surface area (Å²) in [6.07, 6.45) is 6.05. The number of hydrogen-bond acceptors (Lipinski definition) is 2. The van der Waals surface area contributed by atoms with Gasteiger partial charge in [-0.1, -0.05) is 19.8 Å². The fourth-order valence-corrected chi connectivity index (χ4v) is 3.91. The second-order valence-electron chi connectivity index (χ2n) is 4.44. The van der Waals surface area contributed by atoms with E-state index in [9.17, 15) is 4.21 Å². The van der Waals surface area contributed by atoms with Gasteiger partial charge in [0.1, 0.15) is 0 Å². The minimum atomic E-state index is -0.569. The predicted molar refractivity (Wildman–Crippen MR) is 63.0 cm³/mol. The highest BCUT2D eigenvalue weighted by molar-refractivity contribution is 7.85. The van der Waals surface area contributed by atoms with E-state index in [0.717, 1.165) is 24.6 Å². The second-order valence-corrected chi connectivity index (χ2v) is 6.27. The lowest BCUT2D eigenvalue weighted by Gasteiger charge is -2.25. The second kappa shape index (κ2) is 6.57. The monoisotopic (exact) mass is 217 g/mol. The van der Waals surface area contributed by atoms with E-state index in [2.05, 4.69) is 12.2 Å². The minimum absolute atomic E-state index is 0.496. The molecule has 1 N–H and O–H groups in total. The molecule has 1 aliphatic carbocycles. The van der Waals surface area contributed by atoms with Crippen molar-refractivity contribution in [2.45, 2.75) is 44.3 Å². The average molecular weight is 217 g/mol. The predicted octanol–water partition coefficient (Wildman–Crippen LogP) is 1.92. The third-order valence-electron chi connectivity index (χ3n) is 3.03. The Hall–Kier alpha value is 0.110. The maximum atomic E-state index is 11.9. The lowest BCUT2D eigenvalue weighted by atomic mass is 9.91. The van der Waals surface area contributed by atoms with E-state index < -0.39 is 10.8 Å². The van der Waals surface area contributed by atoms with Crippen LogP contribution in [0.15, 0.2) is 0 Å². The van der Waals surface area contributed by atoms with Crippen molar-refractivity contribution in [1.29, 1.82) is 0 Å². The standard InChI is InChI=1S/C11H23NOS/c1-10-5-3-6-11(9-10)14(13)8-4-7-12-2/h10-12H,3-9H2,1-2H3. The zero-order valence-corrected chi connectivity index (χ0v) is 10.2. The summed E-state index contributed by atoms with van der Waals surface area (Å²) in [5.74, 6) is 1.68.